The van der Waals surface area contributed by atoms with Crippen LogP contribution < -0.4 is 10.3 Å². The van der Waals surface area contributed by atoms with Crippen LogP contribution in [0.4, 0.5) is 0 Å². The summed E-state index contributed by atoms with van der Waals surface area (Å²) in [4.78, 5) is 22.9. The Kier molecular flexibility index (Phi) is 4.46. The summed E-state index contributed by atoms with van der Waals surface area (Å²) in [7, 11) is 1.87. The van der Waals surface area contributed by atoms with Crippen LogP contribution in [0.15, 0.2) is 59.7 Å². The van der Waals surface area contributed by atoms with Crippen molar-refractivity contribution in [3.63, 3.8) is 0 Å². The van der Waals surface area contributed by atoms with E-state index in [9.17, 15) is 4.79 Å². The summed E-state index contributed by atoms with van der Waals surface area (Å²) in [6.07, 6.45) is 6.02. The predicted molar refractivity (Wildman–Crippen MR) is 126 cm³/mol. The Morgan fingerprint density at radius 1 is 1.06 bits per heavy atom. The van der Waals surface area contributed by atoms with Gasteiger partial charge in [0.2, 0.25) is 5.88 Å². The predicted octanol–water partition coefficient (Wildman–Crippen LogP) is 3.83. The Morgan fingerprint density at radius 2 is 1.91 bits per heavy atom. The van der Waals surface area contributed by atoms with Gasteiger partial charge >= 0.3 is 0 Å². The lowest BCUT2D eigenvalue weighted by Gasteiger charge is -2.12. The van der Waals surface area contributed by atoms with E-state index in [-0.39, 0.29) is 5.56 Å². The molecule has 1 saturated carbocycles. The number of nitrogens with zero attached hydrogens (tertiary/aromatic N) is 6. The molecule has 8 heteroatoms. The van der Waals surface area contributed by atoms with Crippen LogP contribution in [-0.2, 0) is 7.05 Å². The fraction of sp³-hybridized carbons (Fsp3) is 0.240. The fourth-order valence-corrected chi connectivity index (χ4v) is 3.95. The average Bonchev–Trinajstić information content (AvgIpc) is 3.57. The van der Waals surface area contributed by atoms with Gasteiger partial charge in [0.25, 0.3) is 5.56 Å². The molecule has 0 atom stereocenters. The lowest BCUT2D eigenvalue weighted by molar-refractivity contribution is 0.289. The normalized spacial score (nSPS) is 13.6. The molecule has 1 aliphatic carbocycles. The zero-order valence-electron chi connectivity index (χ0n) is 18.4. The lowest BCUT2D eigenvalue weighted by Crippen LogP contribution is -2.23. The number of ether oxygens (including phenoxy) is 1. The third-order valence-corrected chi connectivity index (χ3v) is 5.91. The van der Waals surface area contributed by atoms with Crippen molar-refractivity contribution < 1.29 is 4.74 Å². The fourth-order valence-electron chi connectivity index (χ4n) is 3.95. The van der Waals surface area contributed by atoms with E-state index in [0.29, 0.717) is 46.3 Å². The molecule has 6 rings (SSSR count). The van der Waals surface area contributed by atoms with Crippen molar-refractivity contribution in [1.29, 1.82) is 0 Å². The summed E-state index contributed by atoms with van der Waals surface area (Å²) >= 11 is 0. The van der Waals surface area contributed by atoms with Crippen molar-refractivity contribution in [1.82, 2.24) is 29.5 Å². The molecule has 8 nitrogen and oxygen atoms in total. The molecule has 0 amide bonds. The van der Waals surface area contributed by atoms with Gasteiger partial charge in [0.1, 0.15) is 11.0 Å². The first-order chi connectivity index (χ1) is 16.0. The summed E-state index contributed by atoms with van der Waals surface area (Å²) < 4.78 is 9.06. The van der Waals surface area contributed by atoms with Crippen molar-refractivity contribution >= 4 is 21.9 Å². The maximum atomic E-state index is 13.8. The minimum Gasteiger partial charge on any atom is -0.477 e. The minimum absolute atomic E-state index is 0.261. The van der Waals surface area contributed by atoms with E-state index in [2.05, 4.69) is 20.2 Å². The summed E-state index contributed by atoms with van der Waals surface area (Å²) in [5, 5.41) is 10.00. The van der Waals surface area contributed by atoms with E-state index in [1.807, 2.05) is 62.6 Å². The van der Waals surface area contributed by atoms with E-state index in [4.69, 9.17) is 4.74 Å². The molecule has 33 heavy (non-hydrogen) atoms. The Morgan fingerprint density at radius 3 is 2.70 bits per heavy atom. The van der Waals surface area contributed by atoms with E-state index in [0.717, 1.165) is 16.6 Å². The Balaban J connectivity index is 1.56. The summed E-state index contributed by atoms with van der Waals surface area (Å²) in [5.41, 5.74) is 4.41. The highest BCUT2D eigenvalue weighted by Gasteiger charge is 2.23. The quantitative estimate of drug-likeness (QED) is 0.414. The van der Waals surface area contributed by atoms with Gasteiger partial charge in [0.05, 0.1) is 23.4 Å². The van der Waals surface area contributed by atoms with Gasteiger partial charge in [-0.15, -0.1) is 0 Å². The highest BCUT2D eigenvalue weighted by atomic mass is 16.5. The van der Waals surface area contributed by atoms with Gasteiger partial charge in [-0.25, -0.2) is 4.98 Å². The van der Waals surface area contributed by atoms with Gasteiger partial charge in [-0.2, -0.15) is 14.9 Å². The topological polar surface area (TPSA) is 87.7 Å². The van der Waals surface area contributed by atoms with Crippen LogP contribution in [0.25, 0.3) is 38.8 Å². The molecular weight excluding hydrogens is 416 g/mol. The second-order valence-corrected chi connectivity index (χ2v) is 8.60. The van der Waals surface area contributed by atoms with Crippen molar-refractivity contribution in [2.75, 3.05) is 6.61 Å². The molecule has 0 N–H and O–H groups in total. The molecule has 0 saturated heterocycles. The van der Waals surface area contributed by atoms with Gasteiger partial charge in [0.15, 0.2) is 0 Å². The molecule has 0 radical (unpaired) electrons. The van der Waals surface area contributed by atoms with Crippen LogP contribution in [0.3, 0.4) is 0 Å². The van der Waals surface area contributed by atoms with Crippen molar-refractivity contribution in [2.45, 2.75) is 19.8 Å². The van der Waals surface area contributed by atoms with E-state index in [1.54, 1.807) is 10.9 Å². The van der Waals surface area contributed by atoms with Crippen LogP contribution >= 0.6 is 0 Å². The van der Waals surface area contributed by atoms with Crippen LogP contribution in [-0.4, -0.2) is 36.1 Å². The smallest absolute Gasteiger partial charge is 0.281 e. The van der Waals surface area contributed by atoms with Crippen LogP contribution in [0.2, 0.25) is 0 Å². The second kappa shape index (κ2) is 7.51. The van der Waals surface area contributed by atoms with Crippen molar-refractivity contribution in [2.24, 2.45) is 13.0 Å². The highest BCUT2D eigenvalue weighted by molar-refractivity contribution is 5.91. The zero-order chi connectivity index (χ0) is 22.5. The second-order valence-electron chi connectivity index (χ2n) is 8.60. The molecule has 0 aliphatic heterocycles. The SMILES string of the molecule is Cc1ccc(-c2c(=O)n(-c3ccc4nn(C)cc4c3)nc3ccc(OCC4CC4)nc23)cn1. The third kappa shape index (κ3) is 3.63. The molecule has 0 spiro atoms. The third-order valence-electron chi connectivity index (χ3n) is 5.91. The van der Waals surface area contributed by atoms with Crippen LogP contribution in [0, 0.1) is 12.8 Å². The van der Waals surface area contributed by atoms with Gasteiger partial charge in [-0.3, -0.25) is 14.5 Å². The monoisotopic (exact) mass is 438 g/mol. The van der Waals surface area contributed by atoms with E-state index >= 15 is 0 Å². The van der Waals surface area contributed by atoms with Crippen LogP contribution in [0.1, 0.15) is 18.5 Å². The summed E-state index contributed by atoms with van der Waals surface area (Å²) in [6.45, 7) is 2.56. The average molecular weight is 438 g/mol. The molecular formula is C25H22N6O2. The van der Waals surface area contributed by atoms with E-state index < -0.39 is 0 Å². The lowest BCUT2D eigenvalue weighted by atomic mass is 10.1. The number of hydrogen-bond donors (Lipinski definition) is 0. The minimum atomic E-state index is -0.261. The van der Waals surface area contributed by atoms with Crippen molar-refractivity contribution in [3.8, 4) is 22.7 Å². The number of pyridine rings is 2. The standard InChI is InChI=1S/C25H22N6O2/c1-15-3-6-17(12-26-15)23-24-21(9-10-22(27-24)33-14-16-4-5-16)29-31(25(23)32)19-7-8-20-18(11-19)13-30(2)28-20/h3,6-13,16H,4-5,14H2,1-2H3. The molecule has 4 heterocycles. The van der Waals surface area contributed by atoms with Gasteiger partial charge < -0.3 is 4.74 Å². The molecule has 1 aromatic carbocycles. The molecule has 5 aromatic rings. The number of hydrogen-bond acceptors (Lipinski definition) is 6. The maximum Gasteiger partial charge on any atom is 0.281 e. The first-order valence-electron chi connectivity index (χ1n) is 11.0. The first-order valence-corrected chi connectivity index (χ1v) is 11.0. The maximum absolute atomic E-state index is 13.8. The zero-order valence-corrected chi connectivity index (χ0v) is 18.4. The van der Waals surface area contributed by atoms with Gasteiger partial charge in [0, 0.05) is 42.2 Å². The Bertz CT molecular complexity index is 1560. The summed E-state index contributed by atoms with van der Waals surface area (Å²) in [6, 6.07) is 13.1. The number of aryl methyl sites for hydroxylation is 2. The number of rotatable bonds is 5. The molecule has 4 aromatic heterocycles. The van der Waals surface area contributed by atoms with Crippen LogP contribution in [0.5, 0.6) is 5.88 Å². The molecule has 164 valence electrons. The summed E-state index contributed by atoms with van der Waals surface area (Å²) in [5.74, 6) is 1.11. The molecule has 1 fully saturated rings. The molecule has 1 aliphatic rings. The molecule has 0 unspecified atom stereocenters. The van der Waals surface area contributed by atoms with Gasteiger partial charge in [-0.1, -0.05) is 6.07 Å². The van der Waals surface area contributed by atoms with E-state index in [1.165, 1.54) is 17.5 Å². The van der Waals surface area contributed by atoms with Crippen molar-refractivity contribution in [3.05, 3.63) is 70.9 Å². The Labute approximate surface area is 189 Å². The first kappa shape index (κ1) is 19.6. The number of benzene rings is 1. The number of fused-ring (bicyclic) bond motifs is 2. The van der Waals surface area contributed by atoms with Gasteiger partial charge in [-0.05, 0) is 56.0 Å². The highest BCUT2D eigenvalue weighted by Crippen LogP contribution is 2.30. The Hall–Kier alpha value is -4.07. The molecule has 0 bridgehead atoms. The number of aromatic nitrogens is 6. The largest absolute Gasteiger partial charge is 0.477 e.